The van der Waals surface area contributed by atoms with Gasteiger partial charge >= 0.3 is 5.97 Å². The summed E-state index contributed by atoms with van der Waals surface area (Å²) in [7, 11) is 0. The van der Waals surface area contributed by atoms with Crippen molar-refractivity contribution in [2.45, 2.75) is 13.3 Å². The van der Waals surface area contributed by atoms with E-state index in [0.29, 0.717) is 4.88 Å². The molecule has 0 saturated heterocycles. The Morgan fingerprint density at radius 2 is 2.36 bits per heavy atom. The summed E-state index contributed by atoms with van der Waals surface area (Å²) in [5, 5.41) is 11.6. The Morgan fingerprint density at radius 3 is 2.86 bits per heavy atom. The highest BCUT2D eigenvalue weighted by Gasteiger charge is 2.08. The summed E-state index contributed by atoms with van der Waals surface area (Å²) >= 11 is 1.28. The molecule has 1 heterocycles. The molecule has 0 aliphatic carbocycles. The van der Waals surface area contributed by atoms with Crippen LogP contribution in [0.25, 0.3) is 0 Å². The number of thiazole rings is 1. The predicted molar refractivity (Wildman–Crippen MR) is 51.4 cm³/mol. The average molecular weight is 214 g/mol. The van der Waals surface area contributed by atoms with Gasteiger partial charge < -0.3 is 10.4 Å². The van der Waals surface area contributed by atoms with E-state index in [-0.39, 0.29) is 18.9 Å². The topological polar surface area (TPSA) is 79.3 Å². The molecule has 5 nitrogen and oxygen atoms in total. The molecule has 6 heteroatoms. The van der Waals surface area contributed by atoms with Crippen LogP contribution < -0.4 is 5.32 Å². The molecular formula is C8H10N2O3S. The number of carbonyl (C=O) groups excluding carboxylic acids is 1. The lowest BCUT2D eigenvalue weighted by Crippen LogP contribution is -2.25. The molecule has 76 valence electrons. The van der Waals surface area contributed by atoms with Crippen molar-refractivity contribution in [3.8, 4) is 0 Å². The van der Waals surface area contributed by atoms with Gasteiger partial charge in [-0.05, 0) is 6.92 Å². The Bertz CT molecular complexity index is 348. The Morgan fingerprint density at radius 1 is 1.64 bits per heavy atom. The molecule has 0 aliphatic rings. The van der Waals surface area contributed by atoms with Crippen LogP contribution in [-0.2, 0) is 4.79 Å². The third-order valence-corrected chi connectivity index (χ3v) is 2.38. The highest BCUT2D eigenvalue weighted by Crippen LogP contribution is 2.10. The summed E-state index contributed by atoms with van der Waals surface area (Å²) in [6, 6.07) is 0. The van der Waals surface area contributed by atoms with E-state index in [4.69, 9.17) is 5.11 Å². The van der Waals surface area contributed by atoms with Crippen LogP contribution in [0.2, 0.25) is 0 Å². The molecule has 0 unspecified atom stereocenters. The fraction of sp³-hybridized carbons (Fsp3) is 0.375. The van der Waals surface area contributed by atoms with E-state index in [1.165, 1.54) is 17.5 Å². The van der Waals surface area contributed by atoms with Crippen LogP contribution in [0.4, 0.5) is 0 Å². The van der Waals surface area contributed by atoms with Gasteiger partial charge in [0.1, 0.15) is 4.88 Å². The lowest BCUT2D eigenvalue weighted by atomic mass is 10.4. The summed E-state index contributed by atoms with van der Waals surface area (Å²) in [4.78, 5) is 25.9. The number of rotatable bonds is 4. The van der Waals surface area contributed by atoms with Crippen molar-refractivity contribution < 1.29 is 14.7 Å². The highest BCUT2D eigenvalue weighted by atomic mass is 32.1. The minimum atomic E-state index is -0.925. The number of nitrogens with one attached hydrogen (secondary N) is 1. The summed E-state index contributed by atoms with van der Waals surface area (Å²) < 4.78 is 0. The van der Waals surface area contributed by atoms with Gasteiger partial charge in [0.15, 0.2) is 0 Å². The summed E-state index contributed by atoms with van der Waals surface area (Å²) in [6.07, 6.45) is 1.42. The zero-order valence-corrected chi connectivity index (χ0v) is 8.43. The van der Waals surface area contributed by atoms with Crippen molar-refractivity contribution in [1.82, 2.24) is 10.3 Å². The van der Waals surface area contributed by atoms with Gasteiger partial charge in [-0.15, -0.1) is 11.3 Å². The van der Waals surface area contributed by atoms with Gasteiger partial charge in [-0.1, -0.05) is 0 Å². The third kappa shape index (κ3) is 3.14. The molecule has 0 fully saturated rings. The second-order valence-corrected chi connectivity index (χ2v) is 3.88. The first kappa shape index (κ1) is 10.6. The number of carboxylic acid groups (broad SMARTS) is 1. The maximum Gasteiger partial charge on any atom is 0.305 e. The summed E-state index contributed by atoms with van der Waals surface area (Å²) in [5.41, 5.74) is 0. The summed E-state index contributed by atoms with van der Waals surface area (Å²) in [6.45, 7) is 1.95. The zero-order valence-electron chi connectivity index (χ0n) is 7.61. The van der Waals surface area contributed by atoms with E-state index in [2.05, 4.69) is 10.3 Å². The van der Waals surface area contributed by atoms with E-state index >= 15 is 0 Å². The lowest BCUT2D eigenvalue weighted by Gasteiger charge is -1.99. The van der Waals surface area contributed by atoms with E-state index < -0.39 is 5.97 Å². The normalized spacial score (nSPS) is 9.79. The van der Waals surface area contributed by atoms with Crippen molar-refractivity contribution >= 4 is 23.2 Å². The van der Waals surface area contributed by atoms with Crippen molar-refractivity contribution in [2.24, 2.45) is 0 Å². The van der Waals surface area contributed by atoms with Gasteiger partial charge in [0.05, 0.1) is 17.6 Å². The van der Waals surface area contributed by atoms with Crippen LogP contribution in [0.1, 0.15) is 21.1 Å². The minimum Gasteiger partial charge on any atom is -0.481 e. The number of aliphatic carboxylic acids is 1. The maximum atomic E-state index is 11.3. The van der Waals surface area contributed by atoms with Gasteiger partial charge in [-0.2, -0.15) is 0 Å². The number of aromatic nitrogens is 1. The quantitative estimate of drug-likeness (QED) is 0.771. The Kier molecular flexibility index (Phi) is 3.58. The van der Waals surface area contributed by atoms with Crippen molar-refractivity contribution in [1.29, 1.82) is 0 Å². The van der Waals surface area contributed by atoms with Crippen LogP contribution in [0.3, 0.4) is 0 Å². The maximum absolute atomic E-state index is 11.3. The lowest BCUT2D eigenvalue weighted by molar-refractivity contribution is -0.136. The Balaban J connectivity index is 2.39. The van der Waals surface area contributed by atoms with E-state index in [1.54, 1.807) is 6.92 Å². The third-order valence-electron chi connectivity index (χ3n) is 1.47. The van der Waals surface area contributed by atoms with Crippen LogP contribution >= 0.6 is 11.3 Å². The second kappa shape index (κ2) is 4.71. The Hall–Kier alpha value is -1.43. The van der Waals surface area contributed by atoms with Crippen LogP contribution in [0, 0.1) is 6.92 Å². The first-order chi connectivity index (χ1) is 6.59. The smallest absolute Gasteiger partial charge is 0.305 e. The zero-order chi connectivity index (χ0) is 10.6. The molecule has 0 spiro atoms. The van der Waals surface area contributed by atoms with E-state index in [1.807, 2.05) is 0 Å². The molecule has 0 saturated carbocycles. The van der Waals surface area contributed by atoms with E-state index in [0.717, 1.165) is 5.01 Å². The molecule has 0 bridgehead atoms. The molecular weight excluding hydrogens is 204 g/mol. The van der Waals surface area contributed by atoms with Crippen molar-refractivity contribution in [3.63, 3.8) is 0 Å². The number of amides is 1. The van der Waals surface area contributed by atoms with Gasteiger partial charge in [0, 0.05) is 6.54 Å². The molecule has 1 rings (SSSR count). The van der Waals surface area contributed by atoms with Crippen LogP contribution in [-0.4, -0.2) is 28.5 Å². The fourth-order valence-electron chi connectivity index (χ4n) is 0.836. The molecule has 1 aromatic rings. The number of carbonyl (C=O) groups is 2. The standard InChI is InChI=1S/C8H10N2O3S/c1-5-10-4-6(14-5)8(13)9-3-2-7(11)12/h4H,2-3H2,1H3,(H,9,13)(H,11,12). The number of hydrogen-bond donors (Lipinski definition) is 2. The van der Waals surface area contributed by atoms with Crippen molar-refractivity contribution in [3.05, 3.63) is 16.1 Å². The highest BCUT2D eigenvalue weighted by molar-refractivity contribution is 7.13. The molecule has 0 aliphatic heterocycles. The largest absolute Gasteiger partial charge is 0.481 e. The number of nitrogens with zero attached hydrogens (tertiary/aromatic N) is 1. The average Bonchev–Trinajstić information content (AvgIpc) is 2.51. The first-order valence-corrected chi connectivity index (χ1v) is 4.83. The summed E-state index contributed by atoms with van der Waals surface area (Å²) in [5.74, 6) is -1.19. The number of aryl methyl sites for hydroxylation is 1. The van der Waals surface area contributed by atoms with Crippen LogP contribution in [0.5, 0.6) is 0 Å². The molecule has 0 atom stereocenters. The van der Waals surface area contributed by atoms with Gasteiger partial charge in [0.25, 0.3) is 5.91 Å². The SMILES string of the molecule is Cc1ncc(C(=O)NCCC(=O)O)s1. The van der Waals surface area contributed by atoms with Crippen LogP contribution in [0.15, 0.2) is 6.20 Å². The fourth-order valence-corrected chi connectivity index (χ4v) is 1.53. The molecule has 0 aromatic carbocycles. The van der Waals surface area contributed by atoms with E-state index in [9.17, 15) is 9.59 Å². The monoisotopic (exact) mass is 214 g/mol. The number of carboxylic acids is 1. The second-order valence-electron chi connectivity index (χ2n) is 2.64. The molecule has 2 N–H and O–H groups in total. The molecule has 14 heavy (non-hydrogen) atoms. The van der Waals surface area contributed by atoms with Gasteiger partial charge in [0.2, 0.25) is 0 Å². The minimum absolute atomic E-state index is 0.0659. The molecule has 1 aromatic heterocycles. The number of hydrogen-bond acceptors (Lipinski definition) is 4. The molecule has 1 amide bonds. The van der Waals surface area contributed by atoms with Gasteiger partial charge in [-0.3, -0.25) is 9.59 Å². The van der Waals surface area contributed by atoms with Gasteiger partial charge in [-0.25, -0.2) is 4.98 Å². The Labute approximate surface area is 84.8 Å². The van der Waals surface area contributed by atoms with Crippen molar-refractivity contribution in [2.75, 3.05) is 6.54 Å². The predicted octanol–water partition coefficient (Wildman–Crippen LogP) is 0.656. The first-order valence-electron chi connectivity index (χ1n) is 4.02. The molecule has 0 radical (unpaired) electrons.